The van der Waals surface area contributed by atoms with Gasteiger partial charge >= 0.3 is 0 Å². The summed E-state index contributed by atoms with van der Waals surface area (Å²) in [5.41, 5.74) is 10.8. The van der Waals surface area contributed by atoms with Crippen molar-refractivity contribution in [1.29, 1.82) is 0 Å². The van der Waals surface area contributed by atoms with E-state index in [1.54, 1.807) is 0 Å². The van der Waals surface area contributed by atoms with Gasteiger partial charge in [-0.15, -0.1) is 0 Å². The normalized spacial score (nSPS) is 18.1. The van der Waals surface area contributed by atoms with Gasteiger partial charge in [0.1, 0.15) is 17.9 Å². The second kappa shape index (κ2) is 8.17. The van der Waals surface area contributed by atoms with Crippen LogP contribution in [-0.2, 0) is 13.1 Å². The van der Waals surface area contributed by atoms with Crippen LogP contribution in [0.15, 0.2) is 42.5 Å². The number of hydrogen-bond acceptors (Lipinski definition) is 4. The van der Waals surface area contributed by atoms with Crippen molar-refractivity contribution in [3.05, 3.63) is 48.0 Å². The highest BCUT2D eigenvalue weighted by Crippen LogP contribution is 2.37. The lowest BCUT2D eigenvalue weighted by atomic mass is 10.0. The Morgan fingerprint density at radius 1 is 1.21 bits per heavy atom. The van der Waals surface area contributed by atoms with Gasteiger partial charge in [-0.1, -0.05) is 32.0 Å². The number of hydrogen-bond donors (Lipinski definition) is 1. The number of para-hydroxylation sites is 1. The predicted octanol–water partition coefficient (Wildman–Crippen LogP) is 4.27. The smallest absolute Gasteiger partial charge is 0.254 e. The van der Waals surface area contributed by atoms with Gasteiger partial charge in [-0.05, 0) is 43.0 Å². The fourth-order valence-corrected chi connectivity index (χ4v) is 5.46. The Hall–Kier alpha value is -3.32. The molecule has 2 N–H and O–H groups in total. The van der Waals surface area contributed by atoms with Gasteiger partial charge in [0.05, 0.1) is 17.8 Å². The van der Waals surface area contributed by atoms with E-state index in [9.17, 15) is 4.79 Å². The van der Waals surface area contributed by atoms with Crippen LogP contribution in [0.4, 0.5) is 0 Å². The summed E-state index contributed by atoms with van der Waals surface area (Å²) in [5, 5.41) is 1.21. The number of piperidine rings is 1. The molecule has 2 aliphatic heterocycles. The van der Waals surface area contributed by atoms with Crippen LogP contribution in [0.5, 0.6) is 5.75 Å². The van der Waals surface area contributed by atoms with Gasteiger partial charge in [0, 0.05) is 42.1 Å². The molecule has 2 aromatic carbocycles. The molecule has 0 radical (unpaired) electrons. The van der Waals surface area contributed by atoms with Crippen LogP contribution in [0.3, 0.4) is 0 Å². The van der Waals surface area contributed by atoms with Crippen LogP contribution >= 0.6 is 0 Å². The van der Waals surface area contributed by atoms with Crippen molar-refractivity contribution in [3.8, 4) is 17.3 Å². The third-order valence-electron chi connectivity index (χ3n) is 6.96. The Morgan fingerprint density at radius 2 is 2.06 bits per heavy atom. The van der Waals surface area contributed by atoms with Crippen molar-refractivity contribution in [2.75, 3.05) is 19.7 Å². The maximum Gasteiger partial charge on any atom is 0.254 e. The number of carbonyl (C=O) groups is 1. The second-order valence-electron chi connectivity index (χ2n) is 10.0. The SMILES string of the molecule is CC(C)Cn1c(-c2nc3cc(C(=O)N4CCC[C@@H](N)C4)cc4c3n2CCO4)cc2ccccc21. The van der Waals surface area contributed by atoms with E-state index in [0.717, 1.165) is 60.8 Å². The predicted molar refractivity (Wildman–Crippen MR) is 134 cm³/mol. The average Bonchev–Trinajstić information content (AvgIpc) is 3.38. The van der Waals surface area contributed by atoms with Crippen molar-refractivity contribution in [1.82, 2.24) is 19.0 Å². The lowest BCUT2D eigenvalue weighted by molar-refractivity contribution is 0.0708. The zero-order valence-electron chi connectivity index (χ0n) is 19.8. The summed E-state index contributed by atoms with van der Waals surface area (Å²) in [7, 11) is 0. The van der Waals surface area contributed by atoms with E-state index in [2.05, 4.69) is 53.3 Å². The molecule has 7 nitrogen and oxygen atoms in total. The number of rotatable bonds is 4. The van der Waals surface area contributed by atoms with E-state index in [1.165, 1.54) is 10.9 Å². The number of ether oxygens (including phenoxy) is 1. The number of amides is 1. The molecule has 1 saturated heterocycles. The fraction of sp³-hybridized carbons (Fsp3) is 0.407. The highest BCUT2D eigenvalue weighted by atomic mass is 16.5. The first kappa shape index (κ1) is 21.2. The first-order valence-electron chi connectivity index (χ1n) is 12.3. The van der Waals surface area contributed by atoms with E-state index in [-0.39, 0.29) is 11.9 Å². The molecule has 0 aliphatic carbocycles. The van der Waals surface area contributed by atoms with Gasteiger partial charge in [-0.3, -0.25) is 4.79 Å². The molecule has 0 saturated carbocycles. The van der Waals surface area contributed by atoms with Crippen LogP contribution in [0.2, 0.25) is 0 Å². The molecule has 4 heterocycles. The molecule has 0 bridgehead atoms. The van der Waals surface area contributed by atoms with Crippen molar-refractivity contribution in [3.63, 3.8) is 0 Å². The van der Waals surface area contributed by atoms with Gasteiger partial charge in [-0.25, -0.2) is 4.98 Å². The number of imidazole rings is 1. The summed E-state index contributed by atoms with van der Waals surface area (Å²) in [6, 6.07) is 14.6. The van der Waals surface area contributed by atoms with E-state index >= 15 is 0 Å². The van der Waals surface area contributed by atoms with Crippen molar-refractivity contribution in [2.45, 2.75) is 45.8 Å². The first-order chi connectivity index (χ1) is 16.5. The molecule has 1 fully saturated rings. The lowest BCUT2D eigenvalue weighted by Gasteiger charge is -2.31. The van der Waals surface area contributed by atoms with Gasteiger partial charge < -0.3 is 24.5 Å². The fourth-order valence-electron chi connectivity index (χ4n) is 5.46. The zero-order chi connectivity index (χ0) is 23.4. The maximum absolute atomic E-state index is 13.3. The minimum Gasteiger partial charge on any atom is -0.489 e. The largest absolute Gasteiger partial charge is 0.489 e. The summed E-state index contributed by atoms with van der Waals surface area (Å²) >= 11 is 0. The topological polar surface area (TPSA) is 78.3 Å². The highest BCUT2D eigenvalue weighted by Gasteiger charge is 2.27. The van der Waals surface area contributed by atoms with E-state index in [1.807, 2.05) is 17.0 Å². The maximum atomic E-state index is 13.3. The van der Waals surface area contributed by atoms with Gasteiger partial charge in [0.25, 0.3) is 5.91 Å². The van der Waals surface area contributed by atoms with Crippen LogP contribution in [-0.4, -0.2) is 50.7 Å². The summed E-state index contributed by atoms with van der Waals surface area (Å²) < 4.78 is 10.7. The zero-order valence-corrected chi connectivity index (χ0v) is 19.8. The summed E-state index contributed by atoms with van der Waals surface area (Å²) in [5.74, 6) is 2.17. The van der Waals surface area contributed by atoms with Gasteiger partial charge in [0.15, 0.2) is 5.82 Å². The van der Waals surface area contributed by atoms with Crippen LogP contribution < -0.4 is 10.5 Å². The lowest BCUT2D eigenvalue weighted by Crippen LogP contribution is -2.45. The number of fused-ring (bicyclic) bond motifs is 1. The molecule has 0 unspecified atom stereocenters. The minimum atomic E-state index is 0.00694. The molecular formula is C27H31N5O2. The van der Waals surface area contributed by atoms with Crippen molar-refractivity contribution < 1.29 is 9.53 Å². The molecule has 0 spiro atoms. The third kappa shape index (κ3) is 3.46. The summed E-state index contributed by atoms with van der Waals surface area (Å²) in [6.07, 6.45) is 1.91. The highest BCUT2D eigenvalue weighted by molar-refractivity contribution is 6.00. The molecule has 1 amide bonds. The molecular weight excluding hydrogens is 426 g/mol. The van der Waals surface area contributed by atoms with Gasteiger partial charge in [0.2, 0.25) is 0 Å². The molecule has 34 heavy (non-hydrogen) atoms. The summed E-state index contributed by atoms with van der Waals surface area (Å²) in [6.45, 7) is 8.02. The van der Waals surface area contributed by atoms with Crippen molar-refractivity contribution in [2.24, 2.45) is 11.7 Å². The van der Waals surface area contributed by atoms with Crippen LogP contribution in [0.25, 0.3) is 33.5 Å². The molecule has 2 aromatic heterocycles. The third-order valence-corrected chi connectivity index (χ3v) is 6.96. The average molecular weight is 458 g/mol. The number of aromatic nitrogens is 3. The van der Waals surface area contributed by atoms with Crippen LogP contribution in [0.1, 0.15) is 37.0 Å². The molecule has 176 valence electrons. The monoisotopic (exact) mass is 457 g/mol. The second-order valence-corrected chi connectivity index (χ2v) is 10.0. The Kier molecular flexibility index (Phi) is 5.10. The van der Waals surface area contributed by atoms with Crippen LogP contribution in [0, 0.1) is 5.92 Å². The quantitative estimate of drug-likeness (QED) is 0.496. The number of nitrogens with two attached hydrogens (primary N) is 1. The molecule has 1 atom stereocenters. The molecule has 7 heteroatoms. The van der Waals surface area contributed by atoms with Crippen molar-refractivity contribution >= 4 is 27.8 Å². The summed E-state index contributed by atoms with van der Waals surface area (Å²) in [4.78, 5) is 20.3. The van der Waals surface area contributed by atoms with E-state index < -0.39 is 0 Å². The molecule has 6 rings (SSSR count). The first-order valence-corrected chi connectivity index (χ1v) is 12.3. The van der Waals surface area contributed by atoms with E-state index in [4.69, 9.17) is 15.5 Å². The number of benzene rings is 2. The Labute approximate surface area is 199 Å². The number of nitrogens with zero attached hydrogens (tertiary/aromatic N) is 4. The van der Waals surface area contributed by atoms with E-state index in [0.29, 0.717) is 24.6 Å². The Balaban J connectivity index is 1.49. The molecule has 4 aromatic rings. The minimum absolute atomic E-state index is 0.00694. The number of carbonyl (C=O) groups excluding carboxylic acids is 1. The Bertz CT molecular complexity index is 1400. The van der Waals surface area contributed by atoms with Gasteiger partial charge in [-0.2, -0.15) is 0 Å². The molecule has 2 aliphatic rings. The Morgan fingerprint density at radius 3 is 2.88 bits per heavy atom. The standard InChI is InChI=1S/C27H31N5O2/c1-17(2)15-32-22-8-4-3-6-18(22)13-23(32)26-29-21-12-19(14-24-25(21)31(26)10-11-34-24)27(33)30-9-5-7-20(28)16-30/h3-4,6,8,12-14,17,20H,5,7,9-11,15-16,28H2,1-2H3/t20-/m1/s1. The number of likely N-dealkylation sites (tertiary alicyclic amines) is 1.